The molecule has 0 atom stereocenters. The van der Waals surface area contributed by atoms with Gasteiger partial charge in [0.25, 0.3) is 0 Å². The first-order valence-electron chi connectivity index (χ1n) is 13.9. The van der Waals surface area contributed by atoms with Crippen molar-refractivity contribution in [1.82, 2.24) is 0 Å². The Balaban J connectivity index is 1.55. The SMILES string of the molecule is c1ccc(-c2cc(-c3c4ccccc4c(-c4cccc5ccccc45)c4ccccc34)c3ccccc3c2)cc1. The molecule has 0 unspecified atom stereocenters. The van der Waals surface area contributed by atoms with Gasteiger partial charge in [-0.25, -0.2) is 0 Å². The molecule has 0 spiro atoms. The van der Waals surface area contributed by atoms with Crippen molar-refractivity contribution in [3.8, 4) is 33.4 Å². The molecule has 0 aliphatic carbocycles. The van der Waals surface area contributed by atoms with Crippen molar-refractivity contribution in [2.24, 2.45) is 0 Å². The summed E-state index contributed by atoms with van der Waals surface area (Å²) in [5.41, 5.74) is 7.62. The van der Waals surface area contributed by atoms with Gasteiger partial charge in [-0.2, -0.15) is 0 Å². The van der Waals surface area contributed by atoms with E-state index >= 15 is 0 Å². The van der Waals surface area contributed by atoms with Crippen LogP contribution in [0.1, 0.15) is 0 Å². The maximum absolute atomic E-state index is 2.39. The van der Waals surface area contributed by atoms with Gasteiger partial charge in [0.1, 0.15) is 0 Å². The summed E-state index contributed by atoms with van der Waals surface area (Å²) in [6.45, 7) is 0. The van der Waals surface area contributed by atoms with Crippen molar-refractivity contribution in [3.63, 3.8) is 0 Å². The summed E-state index contributed by atoms with van der Waals surface area (Å²) < 4.78 is 0. The molecule has 0 nitrogen and oxygen atoms in total. The van der Waals surface area contributed by atoms with Crippen LogP contribution in [0.15, 0.2) is 158 Å². The Morgan fingerprint density at radius 3 is 1.32 bits per heavy atom. The van der Waals surface area contributed by atoms with E-state index < -0.39 is 0 Å². The van der Waals surface area contributed by atoms with E-state index in [2.05, 4.69) is 158 Å². The third-order valence-corrected chi connectivity index (χ3v) is 8.23. The molecule has 0 radical (unpaired) electrons. The monoisotopic (exact) mass is 506 g/mol. The highest BCUT2D eigenvalue weighted by atomic mass is 14.2. The molecule has 0 aromatic heterocycles. The summed E-state index contributed by atoms with van der Waals surface area (Å²) in [6, 6.07) is 57.5. The maximum atomic E-state index is 2.39. The maximum Gasteiger partial charge on any atom is -0.00199 e. The Hall–Kier alpha value is -5.20. The number of fused-ring (bicyclic) bond motifs is 4. The van der Waals surface area contributed by atoms with E-state index in [1.807, 2.05) is 0 Å². The molecule has 0 N–H and O–H groups in total. The van der Waals surface area contributed by atoms with Crippen molar-refractivity contribution in [2.45, 2.75) is 0 Å². The average Bonchev–Trinajstić information content (AvgIpc) is 3.03. The summed E-state index contributed by atoms with van der Waals surface area (Å²) in [6.07, 6.45) is 0. The van der Waals surface area contributed by atoms with Crippen LogP contribution in [0.5, 0.6) is 0 Å². The summed E-state index contributed by atoms with van der Waals surface area (Å²) >= 11 is 0. The van der Waals surface area contributed by atoms with Gasteiger partial charge < -0.3 is 0 Å². The predicted octanol–water partition coefficient (Wildman–Crippen LogP) is 11.3. The first-order chi connectivity index (χ1) is 19.9. The van der Waals surface area contributed by atoms with E-state index in [1.165, 1.54) is 76.5 Å². The Morgan fingerprint density at radius 2 is 0.700 bits per heavy atom. The van der Waals surface area contributed by atoms with Gasteiger partial charge in [-0.05, 0) is 88.6 Å². The van der Waals surface area contributed by atoms with Gasteiger partial charge in [0, 0.05) is 0 Å². The highest BCUT2D eigenvalue weighted by molar-refractivity contribution is 6.25. The lowest BCUT2D eigenvalue weighted by Gasteiger charge is -2.20. The van der Waals surface area contributed by atoms with Gasteiger partial charge in [0.2, 0.25) is 0 Å². The largest absolute Gasteiger partial charge is 0.0622 e. The summed E-state index contributed by atoms with van der Waals surface area (Å²) in [7, 11) is 0. The van der Waals surface area contributed by atoms with Crippen molar-refractivity contribution in [2.75, 3.05) is 0 Å². The zero-order valence-electron chi connectivity index (χ0n) is 22.0. The van der Waals surface area contributed by atoms with Crippen LogP contribution in [-0.4, -0.2) is 0 Å². The second-order valence-corrected chi connectivity index (χ2v) is 10.5. The molecule has 8 aromatic rings. The topological polar surface area (TPSA) is 0 Å². The molecule has 0 aliphatic heterocycles. The fourth-order valence-electron chi connectivity index (χ4n) is 6.47. The summed E-state index contributed by atoms with van der Waals surface area (Å²) in [4.78, 5) is 0. The Labute approximate surface area is 233 Å². The standard InChI is InChI=1S/C40H26/c1-2-13-27(14-3-1)30-25-29-16-5-7-19-32(29)38(26-30)40-36-22-10-8-20-34(36)39(35-21-9-11-23-37(35)40)33-24-12-17-28-15-4-6-18-31(28)33/h1-26H. The lowest BCUT2D eigenvalue weighted by molar-refractivity contribution is 1.63. The van der Waals surface area contributed by atoms with Crippen LogP contribution in [0.4, 0.5) is 0 Å². The second-order valence-electron chi connectivity index (χ2n) is 10.5. The minimum absolute atomic E-state index is 1.23. The zero-order valence-corrected chi connectivity index (χ0v) is 22.0. The van der Waals surface area contributed by atoms with E-state index in [-0.39, 0.29) is 0 Å². The van der Waals surface area contributed by atoms with Gasteiger partial charge in [0.15, 0.2) is 0 Å². The first kappa shape index (κ1) is 22.8. The molecule has 0 bridgehead atoms. The van der Waals surface area contributed by atoms with Crippen LogP contribution < -0.4 is 0 Å². The molecular weight excluding hydrogens is 480 g/mol. The number of hydrogen-bond acceptors (Lipinski definition) is 0. The van der Waals surface area contributed by atoms with Crippen LogP contribution in [-0.2, 0) is 0 Å². The molecule has 0 amide bonds. The third-order valence-electron chi connectivity index (χ3n) is 8.23. The fraction of sp³-hybridized carbons (Fsp3) is 0. The smallest absolute Gasteiger partial charge is 0.00199 e. The normalized spacial score (nSPS) is 11.5. The van der Waals surface area contributed by atoms with E-state index in [4.69, 9.17) is 0 Å². The van der Waals surface area contributed by atoms with Gasteiger partial charge in [0.05, 0.1) is 0 Å². The van der Waals surface area contributed by atoms with Crippen LogP contribution in [0, 0.1) is 0 Å². The Bertz CT molecular complexity index is 2140. The molecule has 0 saturated carbocycles. The second kappa shape index (κ2) is 9.22. The molecule has 186 valence electrons. The molecule has 40 heavy (non-hydrogen) atoms. The minimum atomic E-state index is 1.23. The van der Waals surface area contributed by atoms with Crippen molar-refractivity contribution in [3.05, 3.63) is 158 Å². The number of benzene rings is 8. The van der Waals surface area contributed by atoms with E-state index in [0.29, 0.717) is 0 Å². The molecule has 8 aromatic carbocycles. The van der Waals surface area contributed by atoms with E-state index in [1.54, 1.807) is 0 Å². The van der Waals surface area contributed by atoms with Crippen LogP contribution in [0.2, 0.25) is 0 Å². The molecule has 0 aliphatic rings. The molecule has 8 rings (SSSR count). The van der Waals surface area contributed by atoms with Gasteiger partial charge in [-0.15, -0.1) is 0 Å². The van der Waals surface area contributed by atoms with Gasteiger partial charge >= 0.3 is 0 Å². The molecule has 0 saturated heterocycles. The Morgan fingerprint density at radius 1 is 0.250 bits per heavy atom. The Kier molecular flexibility index (Phi) is 5.24. The molecule has 0 heterocycles. The van der Waals surface area contributed by atoms with Gasteiger partial charge in [-0.1, -0.05) is 146 Å². The quantitative estimate of drug-likeness (QED) is 0.209. The van der Waals surface area contributed by atoms with Crippen molar-refractivity contribution >= 4 is 43.1 Å². The van der Waals surface area contributed by atoms with Crippen molar-refractivity contribution in [1.29, 1.82) is 0 Å². The molecular formula is C40H26. The fourth-order valence-corrected chi connectivity index (χ4v) is 6.47. The summed E-state index contributed by atoms with van der Waals surface area (Å²) in [5, 5.41) is 10.2. The van der Waals surface area contributed by atoms with E-state index in [0.717, 1.165) is 0 Å². The van der Waals surface area contributed by atoms with Crippen LogP contribution in [0.3, 0.4) is 0 Å². The highest BCUT2D eigenvalue weighted by Crippen LogP contribution is 2.47. The molecule has 0 fully saturated rings. The van der Waals surface area contributed by atoms with Crippen LogP contribution in [0.25, 0.3) is 76.5 Å². The molecule has 0 heteroatoms. The summed E-state index contributed by atoms with van der Waals surface area (Å²) in [5.74, 6) is 0. The highest BCUT2D eigenvalue weighted by Gasteiger charge is 2.19. The van der Waals surface area contributed by atoms with Gasteiger partial charge in [-0.3, -0.25) is 0 Å². The predicted molar refractivity (Wildman–Crippen MR) is 173 cm³/mol. The lowest BCUT2D eigenvalue weighted by Crippen LogP contribution is -1.93. The zero-order chi connectivity index (χ0) is 26.5. The van der Waals surface area contributed by atoms with Crippen molar-refractivity contribution < 1.29 is 0 Å². The first-order valence-corrected chi connectivity index (χ1v) is 13.9. The van der Waals surface area contributed by atoms with Crippen LogP contribution >= 0.6 is 0 Å². The number of rotatable bonds is 3. The number of hydrogen-bond donors (Lipinski definition) is 0. The minimum Gasteiger partial charge on any atom is -0.0622 e. The van der Waals surface area contributed by atoms with E-state index in [9.17, 15) is 0 Å². The average molecular weight is 507 g/mol. The third kappa shape index (κ3) is 3.54. The lowest BCUT2D eigenvalue weighted by atomic mass is 9.83.